The molecule has 0 aliphatic rings. The van der Waals surface area contributed by atoms with Gasteiger partial charge in [-0.3, -0.25) is 4.90 Å². The number of rotatable bonds is 10. The van der Waals surface area contributed by atoms with Crippen LogP contribution in [0.25, 0.3) is 11.4 Å². The largest absolute Gasteiger partial charge is 0.467 e. The van der Waals surface area contributed by atoms with Gasteiger partial charge in [-0.25, -0.2) is 9.78 Å². The van der Waals surface area contributed by atoms with Crippen molar-refractivity contribution in [1.82, 2.24) is 30.2 Å². The lowest BCUT2D eigenvalue weighted by Crippen LogP contribution is -2.25. The summed E-state index contributed by atoms with van der Waals surface area (Å²) in [5.74, 6) is 1.94. The number of carboxylic acid groups (broad SMARTS) is 1. The third-order valence-electron chi connectivity index (χ3n) is 5.81. The molecule has 0 aliphatic heterocycles. The maximum atomic E-state index is 11.0. The van der Waals surface area contributed by atoms with Crippen LogP contribution in [0, 0.1) is 0 Å². The van der Waals surface area contributed by atoms with Crippen LogP contribution in [-0.4, -0.2) is 56.3 Å². The summed E-state index contributed by atoms with van der Waals surface area (Å²) in [4.78, 5) is 35.1. The van der Waals surface area contributed by atoms with Crippen molar-refractivity contribution >= 4 is 23.8 Å². The van der Waals surface area contributed by atoms with Gasteiger partial charge >= 0.3 is 12.1 Å². The lowest BCUT2D eigenvalue weighted by atomic mass is 10.0. The zero-order valence-electron chi connectivity index (χ0n) is 21.7. The molecule has 2 aromatic carbocycles. The number of nitrogens with one attached hydrogen (secondary N) is 2. The van der Waals surface area contributed by atoms with E-state index >= 15 is 0 Å². The van der Waals surface area contributed by atoms with Gasteiger partial charge in [0.1, 0.15) is 5.82 Å². The molecule has 0 saturated carbocycles. The van der Waals surface area contributed by atoms with Crippen molar-refractivity contribution in [3.63, 3.8) is 0 Å². The molecule has 0 spiro atoms. The van der Waals surface area contributed by atoms with E-state index in [1.807, 2.05) is 75.5 Å². The highest BCUT2D eigenvalue weighted by molar-refractivity contribution is 5.65. The van der Waals surface area contributed by atoms with Crippen molar-refractivity contribution in [3.8, 4) is 17.4 Å². The molecule has 4 aromatic rings. The summed E-state index contributed by atoms with van der Waals surface area (Å²) in [6.07, 6.45) is 1.32. The van der Waals surface area contributed by atoms with E-state index in [0.717, 1.165) is 16.7 Å². The van der Waals surface area contributed by atoms with Gasteiger partial charge in [0.05, 0.1) is 13.2 Å². The Kier molecular flexibility index (Phi) is 8.27. The van der Waals surface area contributed by atoms with Crippen LogP contribution in [-0.2, 0) is 6.42 Å². The summed E-state index contributed by atoms with van der Waals surface area (Å²) in [5.41, 5.74) is 2.82. The molecule has 38 heavy (non-hydrogen) atoms. The Hall–Kier alpha value is -4.80. The number of nitrogens with zero attached hydrogens (tertiary/aromatic N) is 6. The molecule has 0 bridgehead atoms. The van der Waals surface area contributed by atoms with Gasteiger partial charge in [0.15, 0.2) is 5.82 Å². The minimum Gasteiger partial charge on any atom is -0.467 e. The second-order valence-corrected chi connectivity index (χ2v) is 8.77. The molecule has 3 N–H and O–H groups in total. The first-order chi connectivity index (χ1) is 18.3. The first-order valence-corrected chi connectivity index (χ1v) is 12.1. The van der Waals surface area contributed by atoms with Crippen molar-refractivity contribution in [2.75, 3.05) is 24.4 Å². The molecule has 0 aliphatic carbocycles. The molecule has 4 rings (SSSR count). The molecule has 196 valence electrons. The third-order valence-corrected chi connectivity index (χ3v) is 5.81. The zero-order chi connectivity index (χ0) is 27.1. The lowest BCUT2D eigenvalue weighted by Gasteiger charge is -2.19. The van der Waals surface area contributed by atoms with Gasteiger partial charge in [0.25, 0.3) is 0 Å². The summed E-state index contributed by atoms with van der Waals surface area (Å²) in [7, 11) is 3.33. The topological polar surface area (TPSA) is 138 Å². The van der Waals surface area contributed by atoms with Gasteiger partial charge in [-0.05, 0) is 37.5 Å². The highest BCUT2D eigenvalue weighted by Crippen LogP contribution is 2.24. The fourth-order valence-corrected chi connectivity index (χ4v) is 3.89. The molecule has 11 nitrogen and oxygen atoms in total. The molecular formula is C27H30N8O3. The van der Waals surface area contributed by atoms with Gasteiger partial charge < -0.3 is 20.5 Å². The highest BCUT2D eigenvalue weighted by atomic mass is 16.5. The van der Waals surface area contributed by atoms with Crippen molar-refractivity contribution in [2.45, 2.75) is 32.4 Å². The Balaban J connectivity index is 1.48. The minimum atomic E-state index is -1.05. The van der Waals surface area contributed by atoms with Gasteiger partial charge in [-0.1, -0.05) is 54.6 Å². The van der Waals surface area contributed by atoms with Gasteiger partial charge in [0.2, 0.25) is 11.9 Å². The van der Waals surface area contributed by atoms with E-state index < -0.39 is 6.09 Å². The number of ether oxygens (including phenoxy) is 1. The molecule has 0 fully saturated rings. The van der Waals surface area contributed by atoms with E-state index in [1.54, 1.807) is 17.2 Å². The average Bonchev–Trinajstić information content (AvgIpc) is 2.92. The molecule has 2 aromatic heterocycles. The fourth-order valence-electron chi connectivity index (χ4n) is 3.89. The molecule has 11 heteroatoms. The zero-order valence-corrected chi connectivity index (χ0v) is 21.7. The highest BCUT2D eigenvalue weighted by Gasteiger charge is 2.16. The Morgan fingerprint density at radius 2 is 1.82 bits per heavy atom. The minimum absolute atomic E-state index is 0.00972. The summed E-state index contributed by atoms with van der Waals surface area (Å²) < 4.78 is 5.31. The molecular weight excluding hydrogens is 484 g/mol. The van der Waals surface area contributed by atoms with Crippen LogP contribution < -0.4 is 20.3 Å². The predicted octanol–water partition coefficient (Wildman–Crippen LogP) is 4.48. The van der Waals surface area contributed by atoms with Crippen LogP contribution in [0.4, 0.5) is 22.5 Å². The Labute approximate surface area is 221 Å². The number of carbonyl (C=O) groups is 1. The van der Waals surface area contributed by atoms with Crippen molar-refractivity contribution in [2.24, 2.45) is 0 Å². The average molecular weight is 515 g/mol. The summed E-state index contributed by atoms with van der Waals surface area (Å²) in [6, 6.07) is 19.1. The van der Waals surface area contributed by atoms with E-state index in [1.165, 1.54) is 7.11 Å². The number of hydrogen-bond donors (Lipinski definition) is 3. The number of amides is 1. The number of benzene rings is 2. The van der Waals surface area contributed by atoms with Gasteiger partial charge in [-0.2, -0.15) is 19.9 Å². The van der Waals surface area contributed by atoms with E-state index in [4.69, 9.17) is 9.84 Å². The molecule has 1 amide bonds. The maximum Gasteiger partial charge on any atom is 0.405 e. The van der Waals surface area contributed by atoms with Crippen molar-refractivity contribution in [1.29, 1.82) is 0 Å². The molecule has 2 heterocycles. The normalized spacial score (nSPS) is 12.3. The summed E-state index contributed by atoms with van der Waals surface area (Å²) in [6.45, 7) is 3.85. The molecule has 0 radical (unpaired) electrons. The first-order valence-electron chi connectivity index (χ1n) is 12.1. The Morgan fingerprint density at radius 3 is 2.55 bits per heavy atom. The second kappa shape index (κ2) is 12.0. The smallest absolute Gasteiger partial charge is 0.405 e. The SMILES string of the molecule is COc1nc(-c2ccccc2)nc(N(C)c2ccnc(NC(C)Cc3cccc(C(C)NC(=O)O)c3)n2)n1. The second-order valence-electron chi connectivity index (χ2n) is 8.77. The number of anilines is 3. The Morgan fingerprint density at radius 1 is 1.03 bits per heavy atom. The van der Waals surface area contributed by atoms with Crippen LogP contribution >= 0.6 is 0 Å². The predicted molar refractivity (Wildman–Crippen MR) is 145 cm³/mol. The van der Waals surface area contributed by atoms with E-state index in [-0.39, 0.29) is 18.1 Å². The van der Waals surface area contributed by atoms with Crippen LogP contribution in [0.3, 0.4) is 0 Å². The van der Waals surface area contributed by atoms with Crippen LogP contribution in [0.1, 0.15) is 31.0 Å². The quantitative estimate of drug-likeness (QED) is 0.278. The molecule has 2 atom stereocenters. The summed E-state index contributed by atoms with van der Waals surface area (Å²) in [5, 5.41) is 14.8. The van der Waals surface area contributed by atoms with Crippen LogP contribution in [0.15, 0.2) is 66.9 Å². The van der Waals surface area contributed by atoms with Gasteiger partial charge in [-0.15, -0.1) is 0 Å². The third kappa shape index (κ3) is 6.69. The fraction of sp³-hybridized carbons (Fsp3) is 0.259. The standard InChI is InChI=1S/C27H30N8O3/c1-17(15-19-9-8-12-21(16-19)18(2)30-27(36)37)29-24-28-14-13-22(31-24)35(3)25-32-23(33-26(34-25)38-4)20-10-6-5-7-11-20/h5-14,16-18,30H,15H2,1-4H3,(H,36,37)(H,28,29,31). The first kappa shape index (κ1) is 26.3. The van der Waals surface area contributed by atoms with Crippen LogP contribution in [0.2, 0.25) is 0 Å². The lowest BCUT2D eigenvalue weighted by molar-refractivity contribution is 0.191. The van der Waals surface area contributed by atoms with Gasteiger partial charge in [0, 0.05) is 24.8 Å². The monoisotopic (exact) mass is 514 g/mol. The van der Waals surface area contributed by atoms with Crippen LogP contribution in [0.5, 0.6) is 6.01 Å². The molecule has 2 unspecified atom stereocenters. The summed E-state index contributed by atoms with van der Waals surface area (Å²) >= 11 is 0. The van der Waals surface area contributed by atoms with Crippen molar-refractivity contribution < 1.29 is 14.6 Å². The van der Waals surface area contributed by atoms with Crippen molar-refractivity contribution in [3.05, 3.63) is 78.0 Å². The number of hydrogen-bond acceptors (Lipinski definition) is 9. The van der Waals surface area contributed by atoms with E-state index in [9.17, 15) is 4.79 Å². The molecule has 0 saturated heterocycles. The number of methoxy groups -OCH3 is 1. The van der Waals surface area contributed by atoms with E-state index in [2.05, 4.69) is 35.6 Å². The number of aromatic nitrogens is 5. The maximum absolute atomic E-state index is 11.0. The Bertz CT molecular complexity index is 1390. The van der Waals surface area contributed by atoms with E-state index in [0.29, 0.717) is 30.0 Å².